The van der Waals surface area contributed by atoms with Gasteiger partial charge in [-0.25, -0.2) is 9.59 Å². The number of carbonyl (C=O) groups excluding carboxylic acids is 2. The molecule has 0 spiro atoms. The monoisotopic (exact) mass is 494 g/mol. The number of benzene rings is 2. The predicted octanol–water partition coefficient (Wildman–Crippen LogP) is 6.28. The van der Waals surface area contributed by atoms with E-state index in [1.165, 1.54) is 31.9 Å². The van der Waals surface area contributed by atoms with E-state index in [0.717, 1.165) is 49.0 Å². The fourth-order valence-electron chi connectivity index (χ4n) is 5.94. The number of unbranched alkanes of at least 4 members (excludes halogenated alkanes) is 3. The molecular formula is C30H38O6. The van der Waals surface area contributed by atoms with Gasteiger partial charge in [0, 0.05) is 0 Å². The molecule has 2 aromatic carbocycles. The lowest BCUT2D eigenvalue weighted by Crippen LogP contribution is -2.29. The molecule has 2 aliphatic rings. The second-order valence-corrected chi connectivity index (χ2v) is 10.0. The molecule has 2 aliphatic carbocycles. The summed E-state index contributed by atoms with van der Waals surface area (Å²) < 4.78 is 21.9. The number of hydrogen-bond donors (Lipinski definition) is 0. The Kier molecular flexibility index (Phi) is 9.26. The smallest absolute Gasteiger partial charge is 0.482 e. The van der Waals surface area contributed by atoms with Crippen LogP contribution < -0.4 is 4.74 Å². The lowest BCUT2D eigenvalue weighted by molar-refractivity contribution is -0.147. The molecule has 0 amide bonds. The minimum absolute atomic E-state index is 0.110. The Morgan fingerprint density at radius 1 is 0.972 bits per heavy atom. The van der Waals surface area contributed by atoms with Crippen LogP contribution in [0.3, 0.4) is 0 Å². The quantitative estimate of drug-likeness (QED) is 0.270. The molecule has 4 atom stereocenters. The molecule has 6 heteroatoms. The van der Waals surface area contributed by atoms with Gasteiger partial charge in [-0.2, -0.15) is 0 Å². The number of methoxy groups -OCH3 is 1. The highest BCUT2D eigenvalue weighted by atomic mass is 16.7. The van der Waals surface area contributed by atoms with Crippen LogP contribution in [0.25, 0.3) is 0 Å². The summed E-state index contributed by atoms with van der Waals surface area (Å²) in [5, 5.41) is 0. The maximum atomic E-state index is 12.3. The van der Waals surface area contributed by atoms with Crippen molar-refractivity contribution in [3.05, 3.63) is 65.2 Å². The first-order valence-electron chi connectivity index (χ1n) is 13.3. The number of fused-ring (bicyclic) bond motifs is 2. The number of rotatable bonds is 11. The third kappa shape index (κ3) is 6.59. The Labute approximate surface area is 214 Å². The Morgan fingerprint density at radius 2 is 1.81 bits per heavy atom. The van der Waals surface area contributed by atoms with Crippen LogP contribution in [0, 0.1) is 17.8 Å². The van der Waals surface area contributed by atoms with Gasteiger partial charge in [-0.05, 0) is 66.2 Å². The number of esters is 1. The van der Waals surface area contributed by atoms with Gasteiger partial charge >= 0.3 is 12.1 Å². The first-order chi connectivity index (χ1) is 17.6. The van der Waals surface area contributed by atoms with Crippen LogP contribution in [0.1, 0.15) is 62.1 Å². The predicted molar refractivity (Wildman–Crippen MR) is 137 cm³/mol. The van der Waals surface area contributed by atoms with Crippen molar-refractivity contribution in [2.45, 2.75) is 71.0 Å². The summed E-state index contributed by atoms with van der Waals surface area (Å²) in [6.07, 6.45) is 7.82. The highest BCUT2D eigenvalue weighted by Gasteiger charge is 2.47. The van der Waals surface area contributed by atoms with E-state index >= 15 is 0 Å². The molecule has 0 N–H and O–H groups in total. The molecule has 1 saturated carbocycles. The summed E-state index contributed by atoms with van der Waals surface area (Å²) in [4.78, 5) is 24.2. The van der Waals surface area contributed by atoms with Crippen LogP contribution in [0.2, 0.25) is 0 Å². The molecule has 0 radical (unpaired) electrons. The Bertz CT molecular complexity index is 1000. The normalized spacial score (nSPS) is 22.3. The lowest BCUT2D eigenvalue weighted by atomic mass is 9.73. The third-order valence-electron chi connectivity index (χ3n) is 7.71. The van der Waals surface area contributed by atoms with Crippen molar-refractivity contribution in [2.75, 3.05) is 13.7 Å². The minimum atomic E-state index is -0.590. The largest absolute Gasteiger partial charge is 0.508 e. The lowest BCUT2D eigenvalue weighted by Gasteiger charge is -2.32. The van der Waals surface area contributed by atoms with Gasteiger partial charge in [0.15, 0.2) is 6.61 Å². The fourth-order valence-corrected chi connectivity index (χ4v) is 5.94. The summed E-state index contributed by atoms with van der Waals surface area (Å²) in [6, 6.07) is 15.7. The van der Waals surface area contributed by atoms with Crippen LogP contribution >= 0.6 is 0 Å². The zero-order chi connectivity index (χ0) is 25.3. The molecule has 6 nitrogen and oxygen atoms in total. The topological polar surface area (TPSA) is 71.1 Å². The third-order valence-corrected chi connectivity index (χ3v) is 7.71. The van der Waals surface area contributed by atoms with E-state index in [0.29, 0.717) is 17.8 Å². The summed E-state index contributed by atoms with van der Waals surface area (Å²) in [5.74, 6) is 1.60. The summed E-state index contributed by atoms with van der Waals surface area (Å²) in [6.45, 7) is 2.34. The van der Waals surface area contributed by atoms with Gasteiger partial charge < -0.3 is 18.9 Å². The van der Waals surface area contributed by atoms with Gasteiger partial charge in [0.1, 0.15) is 18.5 Å². The second kappa shape index (κ2) is 12.8. The fraction of sp³-hybridized carbons (Fsp3) is 0.533. The standard InChI is InChI=1S/C30H38O6/c1-3-4-5-9-14-24-25-16-22-13-10-15-27(26(22)17-23(25)18-28(24)36-30(32)33-2)34-20-29(31)35-19-21-11-7-6-8-12-21/h6-8,10-13,15,23-25,28H,3-5,9,14,16-20H2,1-2H3/t23?,24?,25?,28-/m1/s1. The molecule has 4 rings (SSSR count). The maximum Gasteiger partial charge on any atom is 0.508 e. The van der Waals surface area contributed by atoms with Gasteiger partial charge in [0.05, 0.1) is 7.11 Å². The van der Waals surface area contributed by atoms with Crippen molar-refractivity contribution >= 4 is 12.1 Å². The molecule has 0 saturated heterocycles. The average Bonchev–Trinajstić information content (AvgIpc) is 3.23. The first kappa shape index (κ1) is 26.1. The SMILES string of the molecule is CCCCCCC1C2Cc3cccc(OCC(=O)OCc4ccccc4)c3CC2C[C@H]1OC(=O)OC. The second-order valence-electron chi connectivity index (χ2n) is 10.0. The molecule has 3 unspecified atom stereocenters. The summed E-state index contributed by atoms with van der Waals surface area (Å²) >= 11 is 0. The van der Waals surface area contributed by atoms with E-state index < -0.39 is 6.16 Å². The molecule has 2 aromatic rings. The van der Waals surface area contributed by atoms with Crippen molar-refractivity contribution in [3.63, 3.8) is 0 Å². The van der Waals surface area contributed by atoms with E-state index in [9.17, 15) is 9.59 Å². The molecule has 0 heterocycles. The zero-order valence-corrected chi connectivity index (χ0v) is 21.4. The molecular weight excluding hydrogens is 456 g/mol. The van der Waals surface area contributed by atoms with Crippen molar-refractivity contribution in [1.82, 2.24) is 0 Å². The van der Waals surface area contributed by atoms with Crippen molar-refractivity contribution in [3.8, 4) is 5.75 Å². The molecule has 0 aromatic heterocycles. The van der Waals surface area contributed by atoms with E-state index in [-0.39, 0.29) is 25.3 Å². The Balaban J connectivity index is 1.39. The van der Waals surface area contributed by atoms with Crippen LogP contribution in [-0.2, 0) is 38.5 Å². The minimum Gasteiger partial charge on any atom is -0.482 e. The Hall–Kier alpha value is -3.02. The number of hydrogen-bond acceptors (Lipinski definition) is 6. The van der Waals surface area contributed by atoms with Gasteiger partial charge in [-0.3, -0.25) is 0 Å². The van der Waals surface area contributed by atoms with Gasteiger partial charge in [-0.1, -0.05) is 75.1 Å². The average molecular weight is 495 g/mol. The highest BCUT2D eigenvalue weighted by molar-refractivity contribution is 5.71. The molecule has 194 valence electrons. The molecule has 0 bridgehead atoms. The Morgan fingerprint density at radius 3 is 2.58 bits per heavy atom. The van der Waals surface area contributed by atoms with Gasteiger partial charge in [-0.15, -0.1) is 0 Å². The van der Waals surface area contributed by atoms with E-state index in [2.05, 4.69) is 13.0 Å². The van der Waals surface area contributed by atoms with Crippen LogP contribution in [0.5, 0.6) is 5.75 Å². The summed E-state index contributed by atoms with van der Waals surface area (Å²) in [5.41, 5.74) is 3.38. The summed E-state index contributed by atoms with van der Waals surface area (Å²) in [7, 11) is 1.37. The molecule has 0 aliphatic heterocycles. The van der Waals surface area contributed by atoms with Crippen LogP contribution in [-0.4, -0.2) is 31.9 Å². The van der Waals surface area contributed by atoms with E-state index in [4.69, 9.17) is 18.9 Å². The highest BCUT2D eigenvalue weighted by Crippen LogP contribution is 2.49. The maximum absolute atomic E-state index is 12.3. The zero-order valence-electron chi connectivity index (χ0n) is 21.4. The first-order valence-corrected chi connectivity index (χ1v) is 13.3. The number of carbonyl (C=O) groups is 2. The van der Waals surface area contributed by atoms with Crippen molar-refractivity contribution in [2.24, 2.45) is 17.8 Å². The van der Waals surface area contributed by atoms with Crippen LogP contribution in [0.15, 0.2) is 48.5 Å². The van der Waals surface area contributed by atoms with Gasteiger partial charge in [0.2, 0.25) is 0 Å². The number of ether oxygens (including phenoxy) is 4. The van der Waals surface area contributed by atoms with Crippen LogP contribution in [0.4, 0.5) is 4.79 Å². The molecule has 1 fully saturated rings. The van der Waals surface area contributed by atoms with Gasteiger partial charge in [0.25, 0.3) is 0 Å². The van der Waals surface area contributed by atoms with Crippen molar-refractivity contribution in [1.29, 1.82) is 0 Å². The molecule has 36 heavy (non-hydrogen) atoms. The van der Waals surface area contributed by atoms with E-state index in [1.54, 1.807) is 0 Å². The van der Waals surface area contributed by atoms with E-state index in [1.807, 2.05) is 42.5 Å². The van der Waals surface area contributed by atoms with Crippen molar-refractivity contribution < 1.29 is 28.5 Å².